The number of ketones is 1. The molecule has 34 heavy (non-hydrogen) atoms. The number of aliphatic hydroxyl groups is 1. The number of nitrogens with zero attached hydrogens (tertiary/aromatic N) is 1. The number of rotatable bonds is 3. The van der Waals surface area contributed by atoms with Crippen LogP contribution in [0.3, 0.4) is 0 Å². The number of aliphatic hydroxyl groups excluding tert-OH is 1. The molecule has 0 bridgehead atoms. The third kappa shape index (κ3) is 3.74. The molecule has 5 heteroatoms. The van der Waals surface area contributed by atoms with Crippen LogP contribution in [0.5, 0.6) is 0 Å². The summed E-state index contributed by atoms with van der Waals surface area (Å²) in [5.41, 5.74) is 5.00. The second-order valence-corrected chi connectivity index (χ2v) is 9.15. The van der Waals surface area contributed by atoms with Crippen LogP contribution >= 0.6 is 11.6 Å². The molecule has 0 radical (unpaired) electrons. The molecule has 0 saturated heterocycles. The fourth-order valence-electron chi connectivity index (χ4n) is 4.94. The molecule has 3 aromatic rings. The van der Waals surface area contributed by atoms with Crippen molar-refractivity contribution >= 4 is 34.7 Å². The van der Waals surface area contributed by atoms with E-state index in [1.807, 2.05) is 84.6 Å². The highest BCUT2D eigenvalue weighted by molar-refractivity contribution is 6.32. The van der Waals surface area contributed by atoms with Gasteiger partial charge in [0.1, 0.15) is 11.6 Å². The van der Waals surface area contributed by atoms with E-state index < -0.39 is 5.92 Å². The molecule has 0 amide bonds. The van der Waals surface area contributed by atoms with Crippen LogP contribution in [-0.4, -0.2) is 16.7 Å². The molecule has 170 valence electrons. The van der Waals surface area contributed by atoms with Crippen molar-refractivity contribution < 1.29 is 9.90 Å². The maximum atomic E-state index is 13.5. The monoisotopic (exact) mass is 468 g/mol. The van der Waals surface area contributed by atoms with Crippen LogP contribution < -0.4 is 4.90 Å². The van der Waals surface area contributed by atoms with Crippen molar-refractivity contribution in [3.05, 3.63) is 117 Å². The van der Waals surface area contributed by atoms with Gasteiger partial charge in [0, 0.05) is 45.5 Å². The zero-order chi connectivity index (χ0) is 23.8. The van der Waals surface area contributed by atoms with Gasteiger partial charge in [-0.05, 0) is 43.5 Å². The molecule has 1 aliphatic carbocycles. The lowest BCUT2D eigenvalue weighted by atomic mass is 9.73. The molecule has 1 aliphatic heterocycles. The summed E-state index contributed by atoms with van der Waals surface area (Å²) in [6, 6.07) is 24.5. The van der Waals surface area contributed by atoms with Crippen LogP contribution in [0.1, 0.15) is 41.9 Å². The Morgan fingerprint density at radius 1 is 0.971 bits per heavy atom. The van der Waals surface area contributed by atoms with Crippen molar-refractivity contribution in [1.82, 2.24) is 0 Å². The van der Waals surface area contributed by atoms with Gasteiger partial charge in [0.15, 0.2) is 5.78 Å². The Morgan fingerprint density at radius 2 is 1.65 bits per heavy atom. The van der Waals surface area contributed by atoms with Crippen LogP contribution in [-0.2, 0) is 4.79 Å². The number of amidine groups is 1. The van der Waals surface area contributed by atoms with Crippen LogP contribution in [0, 0.1) is 12.3 Å². The Hall–Kier alpha value is -3.63. The number of aryl methyl sites for hydroxylation is 1. The molecule has 2 N–H and O–H groups in total. The second-order valence-electron chi connectivity index (χ2n) is 8.74. The lowest BCUT2D eigenvalue weighted by Crippen LogP contribution is -2.42. The number of halogens is 1. The number of carbonyl (C=O) groups is 1. The number of hydrogen-bond donors (Lipinski definition) is 2. The highest BCUT2D eigenvalue weighted by Gasteiger charge is 2.43. The van der Waals surface area contributed by atoms with E-state index >= 15 is 0 Å². The highest BCUT2D eigenvalue weighted by atomic mass is 35.5. The molecule has 2 aliphatic rings. The predicted octanol–water partition coefficient (Wildman–Crippen LogP) is 7.21. The van der Waals surface area contributed by atoms with Gasteiger partial charge in [0.25, 0.3) is 0 Å². The second kappa shape index (κ2) is 8.96. The van der Waals surface area contributed by atoms with E-state index in [2.05, 4.69) is 0 Å². The predicted molar refractivity (Wildman–Crippen MR) is 137 cm³/mol. The van der Waals surface area contributed by atoms with E-state index in [-0.39, 0.29) is 17.4 Å². The average molecular weight is 469 g/mol. The first-order valence-electron chi connectivity index (χ1n) is 11.4. The van der Waals surface area contributed by atoms with Crippen LogP contribution in [0.25, 0.3) is 5.76 Å². The fraction of sp³-hybridized carbons (Fsp3) is 0.172. The average Bonchev–Trinajstić information content (AvgIpc) is 2.84. The first kappa shape index (κ1) is 22.2. The van der Waals surface area contributed by atoms with E-state index in [9.17, 15) is 15.3 Å². The van der Waals surface area contributed by atoms with Gasteiger partial charge < -0.3 is 5.11 Å². The summed E-state index contributed by atoms with van der Waals surface area (Å²) in [5.74, 6) is -0.442. The standard InChI is InChI=1S/C29H25ClN2O2/c1-18-14-16-19(17-15-18)28(34)27-25(21-10-5-6-11-22(21)30)26-23(12-7-13-24(26)33)32(29(27)31)20-8-3-2-4-9-20/h2-6,8-11,14-17,25,31,34H,7,12-13H2,1H3/b28-27+,31-29?/t25-/m1/s1. The number of allylic oxidation sites excluding steroid dienone is 2. The van der Waals surface area contributed by atoms with E-state index in [4.69, 9.17) is 11.6 Å². The molecule has 1 heterocycles. The van der Waals surface area contributed by atoms with Crippen LogP contribution in [0.4, 0.5) is 5.69 Å². The Kier molecular flexibility index (Phi) is 5.84. The third-order valence-electron chi connectivity index (χ3n) is 6.57. The van der Waals surface area contributed by atoms with Crippen LogP contribution in [0.15, 0.2) is 95.7 Å². The summed E-state index contributed by atoms with van der Waals surface area (Å²) < 4.78 is 0. The van der Waals surface area contributed by atoms with Crippen molar-refractivity contribution in [2.45, 2.75) is 32.1 Å². The minimum atomic E-state index is -0.620. The minimum absolute atomic E-state index is 0.0132. The maximum absolute atomic E-state index is 13.5. The number of anilines is 1. The van der Waals surface area contributed by atoms with Gasteiger partial charge in [0.2, 0.25) is 0 Å². The van der Waals surface area contributed by atoms with Gasteiger partial charge in [-0.2, -0.15) is 0 Å². The van der Waals surface area contributed by atoms with Gasteiger partial charge >= 0.3 is 0 Å². The van der Waals surface area contributed by atoms with Crippen molar-refractivity contribution in [3.8, 4) is 0 Å². The summed E-state index contributed by atoms with van der Waals surface area (Å²) >= 11 is 6.65. The summed E-state index contributed by atoms with van der Waals surface area (Å²) in [4.78, 5) is 15.3. The number of para-hydroxylation sites is 1. The lowest BCUT2D eigenvalue weighted by molar-refractivity contribution is -0.116. The van der Waals surface area contributed by atoms with Crippen molar-refractivity contribution in [2.24, 2.45) is 0 Å². The van der Waals surface area contributed by atoms with Crippen molar-refractivity contribution in [2.75, 3.05) is 4.90 Å². The number of nitrogens with one attached hydrogen (secondary N) is 1. The summed E-state index contributed by atoms with van der Waals surface area (Å²) in [7, 11) is 0. The van der Waals surface area contributed by atoms with Crippen LogP contribution in [0.2, 0.25) is 5.02 Å². The summed E-state index contributed by atoms with van der Waals surface area (Å²) in [5, 5.41) is 21.4. The Labute approximate surface area is 204 Å². The van der Waals surface area contributed by atoms with E-state index in [1.54, 1.807) is 6.07 Å². The molecule has 0 unspecified atom stereocenters. The molecular weight excluding hydrogens is 444 g/mol. The zero-order valence-electron chi connectivity index (χ0n) is 18.9. The Balaban J connectivity index is 1.84. The van der Waals surface area contributed by atoms with Gasteiger partial charge in [0.05, 0.1) is 0 Å². The SMILES string of the molecule is Cc1ccc(/C(O)=C2\C(=N)N(c3ccccc3)C3=C(C(=O)CCC3)[C@H]2c2ccccc2Cl)cc1. The molecule has 5 rings (SSSR count). The normalized spacial score (nSPS) is 19.8. The quantitative estimate of drug-likeness (QED) is 0.399. The smallest absolute Gasteiger partial charge is 0.161 e. The maximum Gasteiger partial charge on any atom is 0.161 e. The first-order chi connectivity index (χ1) is 16.5. The van der Waals surface area contributed by atoms with Gasteiger partial charge in [-0.25, -0.2) is 0 Å². The summed E-state index contributed by atoms with van der Waals surface area (Å²) in [6.45, 7) is 1.98. The zero-order valence-corrected chi connectivity index (χ0v) is 19.6. The topological polar surface area (TPSA) is 64.4 Å². The molecule has 0 fully saturated rings. The number of carbonyl (C=O) groups excluding carboxylic acids is 1. The van der Waals surface area contributed by atoms with Crippen molar-refractivity contribution in [3.63, 3.8) is 0 Å². The number of benzene rings is 3. The van der Waals surface area contributed by atoms with Gasteiger partial charge in [-0.15, -0.1) is 0 Å². The van der Waals surface area contributed by atoms with E-state index in [0.29, 0.717) is 34.6 Å². The van der Waals surface area contributed by atoms with Gasteiger partial charge in [-0.3, -0.25) is 15.1 Å². The Morgan fingerprint density at radius 3 is 2.35 bits per heavy atom. The van der Waals surface area contributed by atoms with E-state index in [1.165, 1.54) is 0 Å². The van der Waals surface area contributed by atoms with E-state index in [0.717, 1.165) is 28.9 Å². The van der Waals surface area contributed by atoms with Gasteiger partial charge in [-0.1, -0.05) is 77.8 Å². The summed E-state index contributed by atoms with van der Waals surface area (Å²) in [6.07, 6.45) is 1.85. The molecular formula is C29H25ClN2O2. The lowest BCUT2D eigenvalue weighted by Gasteiger charge is -2.42. The Bertz CT molecular complexity index is 1340. The fourth-order valence-corrected chi connectivity index (χ4v) is 5.19. The highest BCUT2D eigenvalue weighted by Crippen LogP contribution is 2.49. The third-order valence-corrected chi connectivity index (χ3v) is 6.91. The first-order valence-corrected chi connectivity index (χ1v) is 11.8. The number of hydrogen-bond acceptors (Lipinski definition) is 3. The molecule has 0 saturated carbocycles. The minimum Gasteiger partial charge on any atom is -0.507 e. The number of Topliss-reactive ketones (excluding diaryl/α,β-unsaturated/α-hetero) is 1. The largest absolute Gasteiger partial charge is 0.507 e. The molecule has 0 spiro atoms. The molecule has 0 aromatic heterocycles. The molecule has 3 aromatic carbocycles. The molecule has 1 atom stereocenters. The van der Waals surface area contributed by atoms with Crippen molar-refractivity contribution in [1.29, 1.82) is 5.41 Å². The molecule has 4 nitrogen and oxygen atoms in total.